The van der Waals surface area contributed by atoms with Crippen LogP contribution < -0.4 is 0 Å². The first-order valence-electron chi connectivity index (χ1n) is 5.11. The van der Waals surface area contributed by atoms with Gasteiger partial charge in [0, 0.05) is 0 Å². The van der Waals surface area contributed by atoms with Gasteiger partial charge in [0.1, 0.15) is 6.61 Å². The van der Waals surface area contributed by atoms with Crippen LogP contribution in [0.25, 0.3) is 0 Å². The molecule has 2 aliphatic rings. The fourth-order valence-corrected chi connectivity index (χ4v) is 2.12. The number of rotatable bonds is 3. The first-order chi connectivity index (χ1) is 6.65. The molecule has 0 spiro atoms. The molecule has 1 saturated carbocycles. The number of epoxide rings is 1. The molecule has 1 saturated heterocycles. The summed E-state index contributed by atoms with van der Waals surface area (Å²) in [6, 6.07) is 0. The molecule has 1 aliphatic carbocycles. The third-order valence-corrected chi connectivity index (χ3v) is 3.20. The second-order valence-electron chi connectivity index (χ2n) is 4.31. The second-order valence-corrected chi connectivity index (χ2v) is 4.31. The molecule has 1 aliphatic heterocycles. The molecule has 0 bridgehead atoms. The SMILES string of the molecule is C=CCOC(=O)C1CC[C@]2(C)OC2C1. The van der Waals surface area contributed by atoms with E-state index in [1.807, 2.05) is 0 Å². The van der Waals surface area contributed by atoms with E-state index in [0.29, 0.717) is 6.61 Å². The molecule has 0 N–H and O–H groups in total. The van der Waals surface area contributed by atoms with Crippen LogP contribution in [-0.2, 0) is 14.3 Å². The van der Waals surface area contributed by atoms with Crippen LogP contribution in [0, 0.1) is 5.92 Å². The fraction of sp³-hybridized carbons (Fsp3) is 0.727. The highest BCUT2D eigenvalue weighted by Gasteiger charge is 2.56. The molecule has 0 aromatic heterocycles. The van der Waals surface area contributed by atoms with Gasteiger partial charge in [0.2, 0.25) is 0 Å². The Hall–Kier alpha value is -0.830. The van der Waals surface area contributed by atoms with Crippen molar-refractivity contribution in [2.75, 3.05) is 6.61 Å². The van der Waals surface area contributed by atoms with E-state index >= 15 is 0 Å². The molecule has 0 aromatic rings. The van der Waals surface area contributed by atoms with Gasteiger partial charge in [0.15, 0.2) is 0 Å². The lowest BCUT2D eigenvalue weighted by molar-refractivity contribution is -0.148. The van der Waals surface area contributed by atoms with Crippen molar-refractivity contribution in [1.82, 2.24) is 0 Å². The Bertz CT molecular complexity index is 261. The Balaban J connectivity index is 1.82. The molecule has 2 unspecified atom stereocenters. The largest absolute Gasteiger partial charge is 0.461 e. The molecule has 3 atom stereocenters. The Morgan fingerprint density at radius 2 is 2.57 bits per heavy atom. The van der Waals surface area contributed by atoms with Gasteiger partial charge in [-0.3, -0.25) is 4.79 Å². The van der Waals surface area contributed by atoms with Crippen LogP contribution in [-0.4, -0.2) is 24.3 Å². The Kier molecular flexibility index (Phi) is 2.35. The van der Waals surface area contributed by atoms with E-state index in [1.165, 1.54) is 0 Å². The van der Waals surface area contributed by atoms with Gasteiger partial charge in [-0.25, -0.2) is 0 Å². The van der Waals surface area contributed by atoms with Crippen molar-refractivity contribution < 1.29 is 14.3 Å². The summed E-state index contributed by atoms with van der Waals surface area (Å²) in [5, 5.41) is 0. The minimum absolute atomic E-state index is 0.0375. The predicted molar refractivity (Wildman–Crippen MR) is 51.8 cm³/mol. The maximum atomic E-state index is 11.5. The molecule has 3 heteroatoms. The molecule has 0 aromatic carbocycles. The summed E-state index contributed by atoms with van der Waals surface area (Å²) in [6.45, 7) is 5.94. The highest BCUT2D eigenvalue weighted by molar-refractivity contribution is 5.72. The summed E-state index contributed by atoms with van der Waals surface area (Å²) in [4.78, 5) is 11.5. The van der Waals surface area contributed by atoms with E-state index in [2.05, 4.69) is 13.5 Å². The molecule has 14 heavy (non-hydrogen) atoms. The molecule has 2 fully saturated rings. The zero-order chi connectivity index (χ0) is 10.2. The number of ether oxygens (including phenoxy) is 2. The predicted octanol–water partition coefficient (Wildman–Crippen LogP) is 1.67. The quantitative estimate of drug-likeness (QED) is 0.391. The lowest BCUT2D eigenvalue weighted by Gasteiger charge is -2.20. The zero-order valence-corrected chi connectivity index (χ0v) is 8.49. The van der Waals surface area contributed by atoms with Crippen LogP contribution >= 0.6 is 0 Å². The summed E-state index contributed by atoms with van der Waals surface area (Å²) in [5.74, 6) is -0.0574. The Labute approximate surface area is 84.1 Å². The third kappa shape index (κ3) is 1.69. The maximum absolute atomic E-state index is 11.5. The van der Waals surface area contributed by atoms with E-state index in [1.54, 1.807) is 6.08 Å². The number of hydrogen-bond acceptors (Lipinski definition) is 3. The smallest absolute Gasteiger partial charge is 0.309 e. The maximum Gasteiger partial charge on any atom is 0.309 e. The topological polar surface area (TPSA) is 38.8 Å². The van der Waals surface area contributed by atoms with Crippen LogP contribution in [0.3, 0.4) is 0 Å². The van der Waals surface area contributed by atoms with E-state index in [0.717, 1.165) is 19.3 Å². The monoisotopic (exact) mass is 196 g/mol. The molecular formula is C11H16O3. The number of esters is 1. The lowest BCUT2D eigenvalue weighted by atomic mass is 9.83. The van der Waals surface area contributed by atoms with Gasteiger partial charge in [-0.05, 0) is 26.2 Å². The molecule has 0 radical (unpaired) electrons. The third-order valence-electron chi connectivity index (χ3n) is 3.20. The van der Waals surface area contributed by atoms with Crippen LogP contribution in [0.4, 0.5) is 0 Å². The lowest BCUT2D eigenvalue weighted by Crippen LogP contribution is -2.27. The summed E-state index contributed by atoms with van der Waals surface area (Å²) in [5.41, 5.74) is 0.0786. The van der Waals surface area contributed by atoms with Gasteiger partial charge >= 0.3 is 5.97 Å². The van der Waals surface area contributed by atoms with Crippen molar-refractivity contribution in [2.24, 2.45) is 5.92 Å². The Morgan fingerprint density at radius 3 is 3.21 bits per heavy atom. The fourth-order valence-electron chi connectivity index (χ4n) is 2.12. The number of carbonyl (C=O) groups excluding carboxylic acids is 1. The van der Waals surface area contributed by atoms with Gasteiger partial charge in [0.25, 0.3) is 0 Å². The van der Waals surface area contributed by atoms with Crippen LogP contribution in [0.15, 0.2) is 12.7 Å². The summed E-state index contributed by atoms with van der Waals surface area (Å²) in [7, 11) is 0. The minimum Gasteiger partial charge on any atom is -0.461 e. The number of fused-ring (bicyclic) bond motifs is 1. The van der Waals surface area contributed by atoms with Gasteiger partial charge in [-0.1, -0.05) is 12.7 Å². The Morgan fingerprint density at radius 1 is 1.79 bits per heavy atom. The number of hydrogen-bond donors (Lipinski definition) is 0. The summed E-state index contributed by atoms with van der Waals surface area (Å²) >= 11 is 0. The van der Waals surface area contributed by atoms with Gasteiger partial charge < -0.3 is 9.47 Å². The van der Waals surface area contributed by atoms with Gasteiger partial charge in [0.05, 0.1) is 17.6 Å². The van der Waals surface area contributed by atoms with E-state index < -0.39 is 0 Å². The summed E-state index contributed by atoms with van der Waals surface area (Å²) in [6.07, 6.45) is 4.58. The minimum atomic E-state index is -0.0950. The van der Waals surface area contributed by atoms with Gasteiger partial charge in [-0.15, -0.1) is 0 Å². The van der Waals surface area contributed by atoms with E-state index in [4.69, 9.17) is 9.47 Å². The van der Waals surface area contributed by atoms with Crippen molar-refractivity contribution in [3.63, 3.8) is 0 Å². The average molecular weight is 196 g/mol. The summed E-state index contributed by atoms with van der Waals surface area (Å²) < 4.78 is 10.5. The van der Waals surface area contributed by atoms with Crippen molar-refractivity contribution in [2.45, 2.75) is 37.9 Å². The van der Waals surface area contributed by atoms with Crippen LogP contribution in [0.2, 0.25) is 0 Å². The van der Waals surface area contributed by atoms with Crippen molar-refractivity contribution in [1.29, 1.82) is 0 Å². The molecule has 1 heterocycles. The molecular weight excluding hydrogens is 180 g/mol. The first-order valence-corrected chi connectivity index (χ1v) is 5.11. The molecule has 2 rings (SSSR count). The normalized spacial score (nSPS) is 39.8. The second kappa shape index (κ2) is 3.39. The average Bonchev–Trinajstić information content (AvgIpc) is 2.84. The van der Waals surface area contributed by atoms with Crippen molar-refractivity contribution in [3.8, 4) is 0 Å². The van der Waals surface area contributed by atoms with Gasteiger partial charge in [-0.2, -0.15) is 0 Å². The number of carbonyl (C=O) groups is 1. The van der Waals surface area contributed by atoms with Crippen LogP contribution in [0.5, 0.6) is 0 Å². The van der Waals surface area contributed by atoms with Crippen molar-refractivity contribution in [3.05, 3.63) is 12.7 Å². The molecule has 3 nitrogen and oxygen atoms in total. The zero-order valence-electron chi connectivity index (χ0n) is 8.49. The molecule has 78 valence electrons. The van der Waals surface area contributed by atoms with Crippen LogP contribution in [0.1, 0.15) is 26.2 Å². The van der Waals surface area contributed by atoms with E-state index in [-0.39, 0.29) is 23.6 Å². The highest BCUT2D eigenvalue weighted by Crippen LogP contribution is 2.49. The van der Waals surface area contributed by atoms with Crippen molar-refractivity contribution >= 4 is 5.97 Å². The molecule has 0 amide bonds. The highest BCUT2D eigenvalue weighted by atomic mass is 16.6. The van der Waals surface area contributed by atoms with E-state index in [9.17, 15) is 4.79 Å². The standard InChI is InChI=1S/C11H16O3/c1-3-6-13-10(12)8-4-5-11(2)9(7-8)14-11/h3,8-9H,1,4-7H2,2H3/t8?,9?,11-/m0/s1. The first kappa shape index (κ1) is 9.71.